The Hall–Kier alpha value is -0.960. The first-order valence-electron chi connectivity index (χ1n) is 2.97. The van der Waals surface area contributed by atoms with E-state index in [4.69, 9.17) is 20.4 Å². The Morgan fingerprint density at radius 2 is 1.33 bits per heavy atom. The van der Waals surface area contributed by atoms with Crippen molar-refractivity contribution in [2.24, 2.45) is 0 Å². The van der Waals surface area contributed by atoms with Gasteiger partial charge in [0.2, 0.25) is 13.2 Å². The topological polar surface area (TPSA) is 119 Å². The summed E-state index contributed by atoms with van der Waals surface area (Å²) in [6.07, 6.45) is -3.58. The molecule has 0 rings (SSSR count). The fourth-order valence-corrected chi connectivity index (χ4v) is 0.292. The van der Waals surface area contributed by atoms with E-state index >= 15 is 0 Å². The second-order valence-electron chi connectivity index (χ2n) is 1.78. The maximum Gasteiger partial charge on any atom is 0.477 e. The van der Waals surface area contributed by atoms with E-state index in [0.717, 1.165) is 0 Å². The molecule has 0 unspecified atom stereocenters. The van der Waals surface area contributed by atoms with Crippen LogP contribution in [0.2, 0.25) is 0 Å². The predicted molar refractivity (Wildman–Crippen MR) is 32.0 cm³/mol. The third kappa shape index (κ3) is 7.15. The van der Waals surface area contributed by atoms with Gasteiger partial charge < -0.3 is 20.4 Å². The van der Waals surface area contributed by atoms with Gasteiger partial charge in [-0.05, 0) is 0 Å². The molecule has 4 N–H and O–H groups in total. The molecule has 0 saturated heterocycles. The molecule has 0 aromatic carbocycles. The van der Waals surface area contributed by atoms with Gasteiger partial charge >= 0.3 is 5.09 Å². The number of hydrogen-bond donors (Lipinski definition) is 4. The quantitative estimate of drug-likeness (QED) is 0.261. The molecule has 0 bridgehead atoms. The highest BCUT2D eigenvalue weighted by Gasteiger charge is 2.16. The largest absolute Gasteiger partial charge is 0.477 e. The minimum Gasteiger partial charge on any atom is -0.365 e. The first-order valence-corrected chi connectivity index (χ1v) is 2.97. The van der Waals surface area contributed by atoms with Crippen molar-refractivity contribution in [3.8, 4) is 0 Å². The Balaban J connectivity index is 3.34. The number of rotatable bonds is 6. The van der Waals surface area contributed by atoms with Crippen molar-refractivity contribution < 1.29 is 35.2 Å². The number of aliphatic hydroxyl groups excluding tert-OH is 2. The minimum absolute atomic E-state index is 0.446. The molecule has 0 radical (unpaired) electrons. The van der Waals surface area contributed by atoms with E-state index in [9.17, 15) is 4.91 Å². The fraction of sp³-hybridized carbons (Fsp3) is 1.00. The van der Waals surface area contributed by atoms with Gasteiger partial charge in [-0.15, -0.1) is 0 Å². The van der Waals surface area contributed by atoms with Gasteiger partial charge in [0.25, 0.3) is 0 Å². The van der Waals surface area contributed by atoms with Crippen molar-refractivity contribution in [2.75, 3.05) is 13.2 Å². The Morgan fingerprint density at radius 1 is 1.00 bits per heavy atom. The van der Waals surface area contributed by atoms with Crippen LogP contribution in [0, 0.1) is 4.91 Å². The molecule has 0 aromatic rings. The van der Waals surface area contributed by atoms with Crippen LogP contribution in [0.4, 0.5) is 0 Å². The first-order chi connectivity index (χ1) is 5.52. The predicted octanol–water partition coefficient (Wildman–Crippen LogP) is -2.75. The van der Waals surface area contributed by atoms with Crippen LogP contribution in [0.1, 0.15) is 0 Å². The summed E-state index contributed by atoms with van der Waals surface area (Å²) in [7, 11) is 0. The van der Waals surface area contributed by atoms with Crippen molar-refractivity contribution in [1.29, 1.82) is 0 Å². The van der Waals surface area contributed by atoms with E-state index in [-0.39, 0.29) is 0 Å². The second kappa shape index (κ2) is 5.66. The lowest BCUT2D eigenvalue weighted by molar-refractivity contribution is -0.983. The summed E-state index contributed by atoms with van der Waals surface area (Å²) in [4.78, 5) is 18.3. The lowest BCUT2D eigenvalue weighted by atomic mass is 10.7. The maximum atomic E-state index is 10.3. The molecule has 8 heteroatoms. The molecule has 0 spiro atoms. The van der Waals surface area contributed by atoms with Crippen LogP contribution < -0.4 is 0 Å². The average Bonchev–Trinajstić information content (AvgIpc) is 1.96. The highest BCUT2D eigenvalue weighted by Crippen LogP contribution is 1.85. The minimum atomic E-state index is -1.79. The van der Waals surface area contributed by atoms with Crippen molar-refractivity contribution >= 4 is 0 Å². The Bertz CT molecular complexity index is 121. The molecule has 0 heterocycles. The molecule has 0 saturated carbocycles. The molecule has 12 heavy (non-hydrogen) atoms. The van der Waals surface area contributed by atoms with Crippen molar-refractivity contribution in [3.05, 3.63) is 4.91 Å². The van der Waals surface area contributed by atoms with Crippen LogP contribution in [0.3, 0.4) is 0 Å². The SMILES string of the molecule is O=[N+](OCC(O)O)OCC(O)O. The second-order valence-corrected chi connectivity index (χ2v) is 1.78. The zero-order chi connectivity index (χ0) is 9.56. The van der Waals surface area contributed by atoms with Crippen molar-refractivity contribution in [3.63, 3.8) is 0 Å². The summed E-state index contributed by atoms with van der Waals surface area (Å²) >= 11 is 0. The number of hydrogen-bond acceptors (Lipinski definition) is 7. The summed E-state index contributed by atoms with van der Waals surface area (Å²) in [6, 6.07) is 0. The van der Waals surface area contributed by atoms with Gasteiger partial charge in [-0.2, -0.15) is 9.68 Å². The third-order valence-corrected chi connectivity index (χ3v) is 0.658. The van der Waals surface area contributed by atoms with E-state index < -0.39 is 30.9 Å². The van der Waals surface area contributed by atoms with Gasteiger partial charge in [0.15, 0.2) is 12.6 Å². The molecular formula is C4H10NO7+. The van der Waals surface area contributed by atoms with Crippen LogP contribution in [-0.4, -0.2) is 51.3 Å². The summed E-state index contributed by atoms with van der Waals surface area (Å²) < 4.78 is 0. The van der Waals surface area contributed by atoms with E-state index in [0.29, 0.717) is 0 Å². The normalized spacial score (nSPS) is 10.5. The number of nitrogens with zero attached hydrogens (tertiary/aromatic N) is 1. The molecule has 0 atom stereocenters. The summed E-state index contributed by atoms with van der Waals surface area (Å²) in [5.74, 6) is 0. The van der Waals surface area contributed by atoms with Crippen LogP contribution in [0.25, 0.3) is 0 Å². The third-order valence-electron chi connectivity index (χ3n) is 0.658. The summed E-state index contributed by atoms with van der Waals surface area (Å²) in [5, 5.41) is 32.3. The van der Waals surface area contributed by atoms with E-state index in [1.54, 1.807) is 0 Å². The van der Waals surface area contributed by atoms with Gasteiger partial charge in [0.1, 0.15) is 4.91 Å². The molecule has 8 nitrogen and oxygen atoms in total. The molecule has 72 valence electrons. The van der Waals surface area contributed by atoms with Gasteiger partial charge in [0.05, 0.1) is 0 Å². The zero-order valence-electron chi connectivity index (χ0n) is 6.03. The molecule has 0 aliphatic carbocycles. The van der Waals surface area contributed by atoms with Crippen LogP contribution in [0.15, 0.2) is 0 Å². The van der Waals surface area contributed by atoms with Crippen LogP contribution in [-0.2, 0) is 9.68 Å². The molecule has 0 fully saturated rings. The highest BCUT2D eigenvalue weighted by atomic mass is 17.0. The van der Waals surface area contributed by atoms with E-state index in [1.165, 1.54) is 0 Å². The molecule has 0 aliphatic rings. The van der Waals surface area contributed by atoms with Gasteiger partial charge in [-0.25, -0.2) is 0 Å². The Labute approximate surface area is 67.1 Å². The van der Waals surface area contributed by atoms with Gasteiger partial charge in [-0.3, -0.25) is 0 Å². The smallest absolute Gasteiger partial charge is 0.365 e. The average molecular weight is 184 g/mol. The Morgan fingerprint density at radius 3 is 1.58 bits per heavy atom. The van der Waals surface area contributed by atoms with E-state index in [2.05, 4.69) is 9.68 Å². The highest BCUT2D eigenvalue weighted by molar-refractivity contribution is 4.24. The first kappa shape index (κ1) is 11.0. The molecule has 0 aromatic heterocycles. The zero-order valence-corrected chi connectivity index (χ0v) is 6.03. The fourth-order valence-electron chi connectivity index (χ4n) is 0.292. The summed E-state index contributed by atoms with van der Waals surface area (Å²) in [5.41, 5.74) is 0. The molecular weight excluding hydrogens is 174 g/mol. The van der Waals surface area contributed by atoms with E-state index in [1.807, 2.05) is 0 Å². The lowest BCUT2D eigenvalue weighted by Gasteiger charge is -1.98. The van der Waals surface area contributed by atoms with Crippen molar-refractivity contribution in [1.82, 2.24) is 0 Å². The monoisotopic (exact) mass is 184 g/mol. The molecule has 0 amide bonds. The van der Waals surface area contributed by atoms with Gasteiger partial charge in [0, 0.05) is 0 Å². The van der Waals surface area contributed by atoms with Crippen LogP contribution in [0.5, 0.6) is 0 Å². The van der Waals surface area contributed by atoms with Gasteiger partial charge in [-0.1, -0.05) is 0 Å². The number of aliphatic hydroxyl groups is 4. The molecule has 0 aliphatic heterocycles. The maximum absolute atomic E-state index is 10.3. The van der Waals surface area contributed by atoms with Crippen LogP contribution >= 0.6 is 0 Å². The lowest BCUT2D eigenvalue weighted by Crippen LogP contribution is -2.23. The summed E-state index contributed by atoms with van der Waals surface area (Å²) in [6.45, 7) is -1.32. The van der Waals surface area contributed by atoms with Crippen molar-refractivity contribution in [2.45, 2.75) is 12.6 Å². The standard InChI is InChI=1S/C4H10NO7/c6-3(7)1-11-5(10)12-2-4(8)9/h3-4,6-9H,1-2H2/q+1. The Kier molecular flexibility index (Phi) is 5.21.